The third-order valence-corrected chi connectivity index (χ3v) is 7.44. The fourth-order valence-electron chi connectivity index (χ4n) is 4.75. The van der Waals surface area contributed by atoms with Crippen molar-refractivity contribution in [1.82, 2.24) is 24.5 Å². The molecule has 186 valence electrons. The van der Waals surface area contributed by atoms with Crippen molar-refractivity contribution in [3.63, 3.8) is 0 Å². The Labute approximate surface area is 202 Å². The molecule has 2 fully saturated rings. The molecule has 3 heterocycles. The molecule has 0 aromatic carbocycles. The lowest BCUT2D eigenvalue weighted by Crippen LogP contribution is -2.59. The van der Waals surface area contributed by atoms with Crippen molar-refractivity contribution in [2.45, 2.75) is 56.4 Å². The van der Waals surface area contributed by atoms with Crippen LogP contribution in [0.5, 0.6) is 0 Å². The Morgan fingerprint density at radius 1 is 1.29 bits per heavy atom. The van der Waals surface area contributed by atoms with E-state index < -0.39 is 0 Å². The van der Waals surface area contributed by atoms with E-state index in [9.17, 15) is 9.59 Å². The first-order valence-electron chi connectivity index (χ1n) is 11.8. The van der Waals surface area contributed by atoms with Gasteiger partial charge >= 0.3 is 0 Å². The van der Waals surface area contributed by atoms with Crippen LogP contribution in [0.4, 0.5) is 17.3 Å². The Balaban J connectivity index is 1.43. The SMILES string of the molecule is CNc1cc(Nc2cccn([C@H]3C[C@H](OC)C3)c2=O)nc2c(C(=O)N[C@H]3CC[C@]3(C)OC)cnn12. The highest BCUT2D eigenvalue weighted by atomic mass is 16.5. The Morgan fingerprint density at radius 2 is 2.09 bits per heavy atom. The zero-order chi connectivity index (χ0) is 24.7. The summed E-state index contributed by atoms with van der Waals surface area (Å²) in [6, 6.07) is 5.35. The van der Waals surface area contributed by atoms with Gasteiger partial charge in [-0.3, -0.25) is 9.59 Å². The van der Waals surface area contributed by atoms with Gasteiger partial charge in [-0.25, -0.2) is 4.98 Å². The van der Waals surface area contributed by atoms with E-state index in [0.717, 1.165) is 25.7 Å². The van der Waals surface area contributed by atoms with Crippen LogP contribution in [0.15, 0.2) is 35.4 Å². The zero-order valence-electron chi connectivity index (χ0n) is 20.4. The van der Waals surface area contributed by atoms with Gasteiger partial charge in [-0.05, 0) is 44.7 Å². The third kappa shape index (κ3) is 4.04. The summed E-state index contributed by atoms with van der Waals surface area (Å²) in [7, 11) is 5.11. The second-order valence-corrected chi connectivity index (χ2v) is 9.39. The van der Waals surface area contributed by atoms with Gasteiger partial charge in [0.2, 0.25) is 0 Å². The summed E-state index contributed by atoms with van der Waals surface area (Å²) < 4.78 is 14.2. The number of ether oxygens (including phenoxy) is 2. The molecule has 0 radical (unpaired) electrons. The van der Waals surface area contributed by atoms with Crippen LogP contribution in [0.3, 0.4) is 0 Å². The highest BCUT2D eigenvalue weighted by Gasteiger charge is 2.44. The highest BCUT2D eigenvalue weighted by molar-refractivity contribution is 6.00. The van der Waals surface area contributed by atoms with Gasteiger partial charge in [0.25, 0.3) is 11.5 Å². The molecule has 2 saturated carbocycles. The molecule has 0 aliphatic heterocycles. The van der Waals surface area contributed by atoms with Gasteiger partial charge in [-0.15, -0.1) is 0 Å². The Morgan fingerprint density at radius 3 is 2.74 bits per heavy atom. The summed E-state index contributed by atoms with van der Waals surface area (Å²) >= 11 is 0. The molecule has 3 aromatic rings. The van der Waals surface area contributed by atoms with Crippen LogP contribution in [0.2, 0.25) is 0 Å². The van der Waals surface area contributed by atoms with Gasteiger partial charge in [0.1, 0.15) is 22.9 Å². The Kier molecular flexibility index (Phi) is 5.97. The molecular weight excluding hydrogens is 450 g/mol. The first-order valence-corrected chi connectivity index (χ1v) is 11.8. The summed E-state index contributed by atoms with van der Waals surface area (Å²) in [5, 5.41) is 13.6. The molecule has 0 saturated heterocycles. The molecule has 5 rings (SSSR count). The van der Waals surface area contributed by atoms with E-state index in [-0.39, 0.29) is 35.3 Å². The molecule has 11 heteroatoms. The summed E-state index contributed by atoms with van der Waals surface area (Å²) in [4.78, 5) is 30.8. The molecule has 3 N–H and O–H groups in total. The fraction of sp³-hybridized carbons (Fsp3) is 0.500. The van der Waals surface area contributed by atoms with Crippen LogP contribution >= 0.6 is 0 Å². The van der Waals surface area contributed by atoms with E-state index in [2.05, 4.69) is 26.0 Å². The first kappa shape index (κ1) is 23.3. The summed E-state index contributed by atoms with van der Waals surface area (Å²) in [6.45, 7) is 1.99. The molecule has 3 aromatic heterocycles. The highest BCUT2D eigenvalue weighted by Crippen LogP contribution is 2.35. The van der Waals surface area contributed by atoms with Crippen LogP contribution in [0, 0.1) is 0 Å². The van der Waals surface area contributed by atoms with Crippen LogP contribution in [-0.2, 0) is 9.47 Å². The number of amides is 1. The minimum atomic E-state index is -0.369. The van der Waals surface area contributed by atoms with Crippen LogP contribution < -0.4 is 21.5 Å². The van der Waals surface area contributed by atoms with Gasteiger partial charge in [0.05, 0.1) is 23.9 Å². The van der Waals surface area contributed by atoms with Crippen molar-refractivity contribution < 1.29 is 14.3 Å². The van der Waals surface area contributed by atoms with Gasteiger partial charge in [0.15, 0.2) is 5.65 Å². The number of hydrogen-bond donors (Lipinski definition) is 3. The average molecular weight is 482 g/mol. The monoisotopic (exact) mass is 481 g/mol. The molecule has 2 aliphatic carbocycles. The van der Waals surface area contributed by atoms with Crippen molar-refractivity contribution in [1.29, 1.82) is 0 Å². The van der Waals surface area contributed by atoms with Gasteiger partial charge in [0, 0.05) is 39.6 Å². The second kappa shape index (κ2) is 8.97. The number of aromatic nitrogens is 4. The molecule has 11 nitrogen and oxygen atoms in total. The quantitative estimate of drug-likeness (QED) is 0.448. The van der Waals surface area contributed by atoms with Crippen molar-refractivity contribution in [2.75, 3.05) is 31.9 Å². The summed E-state index contributed by atoms with van der Waals surface area (Å²) in [5.74, 6) is 0.791. The van der Waals surface area contributed by atoms with E-state index in [1.165, 1.54) is 6.20 Å². The number of fused-ring (bicyclic) bond motifs is 1. The lowest BCUT2D eigenvalue weighted by atomic mass is 9.76. The normalized spacial score (nSPS) is 25.5. The zero-order valence-corrected chi connectivity index (χ0v) is 20.4. The number of pyridine rings is 1. The number of hydrogen-bond acceptors (Lipinski definition) is 8. The summed E-state index contributed by atoms with van der Waals surface area (Å²) in [6.07, 6.45) is 6.86. The molecule has 2 atom stereocenters. The Hall–Kier alpha value is -3.44. The smallest absolute Gasteiger partial charge is 0.274 e. The topological polar surface area (TPSA) is 124 Å². The molecule has 35 heavy (non-hydrogen) atoms. The van der Waals surface area contributed by atoms with E-state index in [4.69, 9.17) is 9.47 Å². The fourth-order valence-corrected chi connectivity index (χ4v) is 4.75. The maximum absolute atomic E-state index is 13.1. The summed E-state index contributed by atoms with van der Waals surface area (Å²) in [5.41, 5.74) is 0.638. The average Bonchev–Trinajstić information content (AvgIpc) is 3.26. The minimum absolute atomic E-state index is 0.0768. The maximum atomic E-state index is 13.1. The van der Waals surface area contributed by atoms with Crippen molar-refractivity contribution >= 4 is 28.9 Å². The molecule has 0 spiro atoms. The van der Waals surface area contributed by atoms with Crippen LogP contribution in [0.25, 0.3) is 5.65 Å². The number of anilines is 3. The van der Waals surface area contributed by atoms with Crippen molar-refractivity contribution in [3.8, 4) is 0 Å². The third-order valence-electron chi connectivity index (χ3n) is 7.44. The number of methoxy groups -OCH3 is 2. The second-order valence-electron chi connectivity index (χ2n) is 9.39. The first-order chi connectivity index (χ1) is 16.9. The minimum Gasteiger partial charge on any atom is -0.381 e. The van der Waals surface area contributed by atoms with E-state index >= 15 is 0 Å². The number of nitrogens with zero attached hydrogens (tertiary/aromatic N) is 4. The van der Waals surface area contributed by atoms with Gasteiger partial charge < -0.3 is 30.0 Å². The molecule has 1 amide bonds. The Bertz CT molecular complexity index is 1310. The van der Waals surface area contributed by atoms with E-state index in [1.807, 2.05) is 13.0 Å². The predicted octanol–water partition coefficient (Wildman–Crippen LogP) is 2.32. The van der Waals surface area contributed by atoms with Crippen LogP contribution in [-0.4, -0.2) is 64.1 Å². The van der Waals surface area contributed by atoms with Gasteiger partial charge in [-0.1, -0.05) is 0 Å². The largest absolute Gasteiger partial charge is 0.381 e. The van der Waals surface area contributed by atoms with Gasteiger partial charge in [-0.2, -0.15) is 9.61 Å². The number of rotatable bonds is 8. The molecule has 2 aliphatic rings. The van der Waals surface area contributed by atoms with E-state index in [1.54, 1.807) is 48.7 Å². The maximum Gasteiger partial charge on any atom is 0.274 e. The number of carbonyl (C=O) groups is 1. The lowest BCUT2D eigenvalue weighted by Gasteiger charge is -2.45. The molecular formula is C24H31N7O4. The molecule has 0 unspecified atom stereocenters. The standard InChI is InChI=1S/C24H31N7O4/c1-24(35-4)8-7-18(24)28-22(32)16-13-26-31-20(25-2)12-19(29-21(16)31)27-17-6-5-9-30(23(17)33)14-10-15(11-14)34-3/h5-6,9,12-15,18,25H,7-8,10-11H2,1-4H3,(H,27,29)(H,28,32)/t14-,15-,18-,24-/m0/s1. The lowest BCUT2D eigenvalue weighted by molar-refractivity contribution is -0.0828. The predicted molar refractivity (Wildman–Crippen MR) is 131 cm³/mol. The van der Waals surface area contributed by atoms with Crippen molar-refractivity contribution in [3.05, 3.63) is 46.5 Å². The number of carbonyl (C=O) groups excluding carboxylic acids is 1. The van der Waals surface area contributed by atoms with Crippen LogP contribution in [0.1, 0.15) is 49.0 Å². The molecule has 0 bridgehead atoms. The van der Waals surface area contributed by atoms with E-state index in [0.29, 0.717) is 28.5 Å². The van der Waals surface area contributed by atoms with Crippen molar-refractivity contribution in [2.24, 2.45) is 0 Å². The number of nitrogens with one attached hydrogen (secondary N) is 3.